The fourth-order valence-corrected chi connectivity index (χ4v) is 2.24. The molecule has 8 heteroatoms. The minimum atomic E-state index is -0.544. The first kappa shape index (κ1) is 17.1. The molecule has 1 amide bonds. The summed E-state index contributed by atoms with van der Waals surface area (Å²) in [6.45, 7) is 1.75. The van der Waals surface area contributed by atoms with Crippen LogP contribution in [-0.4, -0.2) is 36.4 Å². The predicted molar refractivity (Wildman–Crippen MR) is 84.3 cm³/mol. The molecule has 126 valence electrons. The number of carbonyl (C=O) groups is 2. The molecular formula is C16H16N2O6. The van der Waals surface area contributed by atoms with Gasteiger partial charge in [0.2, 0.25) is 6.79 Å². The second kappa shape index (κ2) is 7.32. The van der Waals surface area contributed by atoms with Crippen molar-refractivity contribution in [2.75, 3.05) is 13.9 Å². The monoisotopic (exact) mass is 332 g/mol. The van der Waals surface area contributed by atoms with Crippen molar-refractivity contribution in [2.24, 2.45) is 5.73 Å². The number of aryl methyl sites for hydroxylation is 1. The maximum absolute atomic E-state index is 11.6. The number of nitrogens with two attached hydrogens (primary N) is 1. The molecule has 1 aromatic carbocycles. The van der Waals surface area contributed by atoms with Crippen LogP contribution in [0.25, 0.3) is 11.3 Å². The SMILES string of the molecule is COc1cc2c(cc1-c1nc(C)ccc1C(N)=O)OCO2.O=CO. The number of rotatable bonds is 3. The van der Waals surface area contributed by atoms with Crippen LogP contribution in [0, 0.1) is 6.92 Å². The number of primary amides is 1. The number of benzene rings is 1. The lowest BCUT2D eigenvalue weighted by atomic mass is 10.0. The summed E-state index contributed by atoms with van der Waals surface area (Å²) >= 11 is 0. The van der Waals surface area contributed by atoms with Gasteiger partial charge in [-0.1, -0.05) is 0 Å². The fourth-order valence-electron chi connectivity index (χ4n) is 2.24. The molecule has 3 rings (SSSR count). The van der Waals surface area contributed by atoms with Crippen molar-refractivity contribution in [3.8, 4) is 28.5 Å². The predicted octanol–water partition coefficient (Wildman–Crippen LogP) is 1.59. The molecule has 2 heterocycles. The van der Waals surface area contributed by atoms with E-state index in [1.165, 1.54) is 0 Å². The third kappa shape index (κ3) is 3.37. The number of ether oxygens (including phenoxy) is 3. The molecule has 0 atom stereocenters. The van der Waals surface area contributed by atoms with Gasteiger partial charge in [-0.05, 0) is 25.1 Å². The molecule has 0 saturated heterocycles. The maximum Gasteiger partial charge on any atom is 0.290 e. The number of hydrogen-bond acceptors (Lipinski definition) is 6. The molecule has 3 N–H and O–H groups in total. The first-order chi connectivity index (χ1) is 11.5. The minimum absolute atomic E-state index is 0.159. The van der Waals surface area contributed by atoms with Crippen LogP contribution in [0.15, 0.2) is 24.3 Å². The molecule has 1 aromatic heterocycles. The second-order valence-corrected chi connectivity index (χ2v) is 4.72. The van der Waals surface area contributed by atoms with Gasteiger partial charge in [0.15, 0.2) is 11.5 Å². The number of hydrogen-bond donors (Lipinski definition) is 2. The summed E-state index contributed by atoms with van der Waals surface area (Å²) in [4.78, 5) is 24.4. The van der Waals surface area contributed by atoms with E-state index in [-0.39, 0.29) is 13.3 Å². The third-order valence-corrected chi connectivity index (χ3v) is 3.25. The summed E-state index contributed by atoms with van der Waals surface area (Å²) in [5.41, 5.74) is 7.64. The Kier molecular flexibility index (Phi) is 5.20. The summed E-state index contributed by atoms with van der Waals surface area (Å²) in [6, 6.07) is 6.86. The van der Waals surface area contributed by atoms with E-state index in [1.54, 1.807) is 31.4 Å². The molecule has 1 aliphatic rings. The van der Waals surface area contributed by atoms with Gasteiger partial charge in [0.05, 0.1) is 18.4 Å². The van der Waals surface area contributed by atoms with E-state index in [0.29, 0.717) is 34.1 Å². The van der Waals surface area contributed by atoms with E-state index in [9.17, 15) is 4.79 Å². The molecule has 1 aliphatic heterocycles. The van der Waals surface area contributed by atoms with Crippen molar-refractivity contribution in [3.05, 3.63) is 35.5 Å². The van der Waals surface area contributed by atoms with Crippen molar-refractivity contribution in [2.45, 2.75) is 6.92 Å². The molecule has 0 bridgehead atoms. The summed E-state index contributed by atoms with van der Waals surface area (Å²) < 4.78 is 16.1. The Morgan fingerprint density at radius 1 is 1.33 bits per heavy atom. The van der Waals surface area contributed by atoms with Gasteiger partial charge in [-0.3, -0.25) is 14.6 Å². The standard InChI is InChI=1S/C15H14N2O4.CH2O2/c1-8-3-4-9(15(16)18)14(17-8)10-5-12-13(21-7-20-12)6-11(10)19-2;2-1-3/h3-6H,7H2,1-2H3,(H2,16,18);1H,(H,2,3). The Morgan fingerprint density at radius 3 is 2.54 bits per heavy atom. The number of pyridine rings is 1. The molecule has 0 unspecified atom stereocenters. The van der Waals surface area contributed by atoms with E-state index < -0.39 is 5.91 Å². The van der Waals surface area contributed by atoms with Gasteiger partial charge in [-0.25, -0.2) is 0 Å². The smallest absolute Gasteiger partial charge is 0.290 e. The summed E-state index contributed by atoms with van der Waals surface area (Å²) in [7, 11) is 1.54. The number of amides is 1. The maximum atomic E-state index is 11.6. The zero-order chi connectivity index (χ0) is 17.7. The topological polar surface area (TPSA) is 121 Å². The molecule has 8 nitrogen and oxygen atoms in total. The Balaban J connectivity index is 0.000000647. The highest BCUT2D eigenvalue weighted by Gasteiger charge is 2.22. The van der Waals surface area contributed by atoms with Crippen LogP contribution >= 0.6 is 0 Å². The number of aromatic nitrogens is 1. The van der Waals surface area contributed by atoms with E-state index in [1.807, 2.05) is 6.92 Å². The number of carbonyl (C=O) groups excluding carboxylic acids is 1. The average Bonchev–Trinajstić information content (AvgIpc) is 3.01. The first-order valence-corrected chi connectivity index (χ1v) is 6.85. The molecule has 0 spiro atoms. The van der Waals surface area contributed by atoms with Crippen molar-refractivity contribution >= 4 is 12.4 Å². The lowest BCUT2D eigenvalue weighted by Gasteiger charge is -2.12. The van der Waals surface area contributed by atoms with Gasteiger partial charge in [-0.2, -0.15) is 0 Å². The van der Waals surface area contributed by atoms with Crippen LogP contribution in [0.4, 0.5) is 0 Å². The molecule has 0 saturated carbocycles. The van der Waals surface area contributed by atoms with Crippen LogP contribution in [0.1, 0.15) is 16.1 Å². The second-order valence-electron chi connectivity index (χ2n) is 4.72. The normalized spacial score (nSPS) is 11.2. The van der Waals surface area contributed by atoms with Gasteiger partial charge in [-0.15, -0.1) is 0 Å². The summed E-state index contributed by atoms with van der Waals surface area (Å²) in [5.74, 6) is 1.19. The Bertz CT molecular complexity index is 775. The van der Waals surface area contributed by atoms with Crippen LogP contribution < -0.4 is 19.9 Å². The van der Waals surface area contributed by atoms with Crippen LogP contribution in [-0.2, 0) is 4.79 Å². The van der Waals surface area contributed by atoms with E-state index in [4.69, 9.17) is 29.8 Å². The molecule has 2 aromatic rings. The highest BCUT2D eigenvalue weighted by molar-refractivity contribution is 5.99. The fraction of sp³-hybridized carbons (Fsp3) is 0.188. The van der Waals surface area contributed by atoms with Crippen molar-refractivity contribution in [3.63, 3.8) is 0 Å². The third-order valence-electron chi connectivity index (χ3n) is 3.25. The number of nitrogens with zero attached hydrogens (tertiary/aromatic N) is 1. The van der Waals surface area contributed by atoms with Gasteiger partial charge < -0.3 is 25.1 Å². The van der Waals surface area contributed by atoms with Crippen LogP contribution in [0.5, 0.6) is 17.2 Å². The minimum Gasteiger partial charge on any atom is -0.496 e. The number of methoxy groups -OCH3 is 1. The van der Waals surface area contributed by atoms with Crippen molar-refractivity contribution in [1.82, 2.24) is 4.98 Å². The summed E-state index contributed by atoms with van der Waals surface area (Å²) in [6.07, 6.45) is 0. The van der Waals surface area contributed by atoms with E-state index in [0.717, 1.165) is 5.69 Å². The van der Waals surface area contributed by atoms with Crippen molar-refractivity contribution < 1.29 is 28.9 Å². The van der Waals surface area contributed by atoms with E-state index in [2.05, 4.69) is 4.98 Å². The Labute approximate surface area is 137 Å². The Morgan fingerprint density at radius 2 is 1.96 bits per heavy atom. The molecular weight excluding hydrogens is 316 g/mol. The zero-order valence-electron chi connectivity index (χ0n) is 13.1. The highest BCUT2D eigenvalue weighted by Crippen LogP contribution is 2.42. The van der Waals surface area contributed by atoms with Gasteiger partial charge in [0.25, 0.3) is 12.4 Å². The lowest BCUT2D eigenvalue weighted by molar-refractivity contribution is -0.122. The quantitative estimate of drug-likeness (QED) is 0.819. The van der Waals surface area contributed by atoms with Crippen LogP contribution in [0.2, 0.25) is 0 Å². The first-order valence-electron chi connectivity index (χ1n) is 6.85. The number of carboxylic acid groups (broad SMARTS) is 1. The van der Waals surface area contributed by atoms with Gasteiger partial charge in [0.1, 0.15) is 5.75 Å². The Hall–Kier alpha value is -3.29. The molecule has 0 fully saturated rings. The van der Waals surface area contributed by atoms with Gasteiger partial charge >= 0.3 is 0 Å². The van der Waals surface area contributed by atoms with Crippen LogP contribution in [0.3, 0.4) is 0 Å². The zero-order valence-corrected chi connectivity index (χ0v) is 13.1. The highest BCUT2D eigenvalue weighted by atomic mass is 16.7. The van der Waals surface area contributed by atoms with E-state index >= 15 is 0 Å². The summed E-state index contributed by atoms with van der Waals surface area (Å²) in [5, 5.41) is 6.89. The molecule has 0 radical (unpaired) electrons. The molecule has 24 heavy (non-hydrogen) atoms. The largest absolute Gasteiger partial charge is 0.496 e. The lowest BCUT2D eigenvalue weighted by Crippen LogP contribution is -2.13. The van der Waals surface area contributed by atoms with Crippen molar-refractivity contribution in [1.29, 1.82) is 0 Å². The van der Waals surface area contributed by atoms with Gasteiger partial charge in [0, 0.05) is 17.3 Å². The molecule has 0 aliphatic carbocycles. The average molecular weight is 332 g/mol. The number of fused-ring (bicyclic) bond motifs is 1.